The molecular formula is C21H23N3OS. The summed E-state index contributed by atoms with van der Waals surface area (Å²) in [6, 6.07) is 14.0. The van der Waals surface area contributed by atoms with E-state index in [1.54, 1.807) is 0 Å². The first-order chi connectivity index (χ1) is 12.4. The second-order valence-electron chi connectivity index (χ2n) is 6.60. The SMILES string of the molecule is Cc1ccc(C(=O)C(C)Sc2nnc(-c3ccccc3C)n2C)cc1C. The molecule has 0 saturated carbocycles. The fourth-order valence-electron chi connectivity index (χ4n) is 2.82. The number of rotatable bonds is 5. The number of Topliss-reactive ketones (excluding diaryl/α,β-unsaturated/α-hetero) is 1. The van der Waals surface area contributed by atoms with Crippen molar-refractivity contribution in [2.24, 2.45) is 7.05 Å². The monoisotopic (exact) mass is 365 g/mol. The van der Waals surface area contributed by atoms with Gasteiger partial charge in [0, 0.05) is 18.2 Å². The second-order valence-corrected chi connectivity index (χ2v) is 7.91. The zero-order valence-electron chi connectivity index (χ0n) is 15.8. The Morgan fingerprint density at radius 3 is 2.42 bits per heavy atom. The standard InChI is InChI=1S/C21H23N3OS/c1-13-10-11-17(12-15(13)3)19(25)16(4)26-21-23-22-20(24(21)5)18-9-7-6-8-14(18)2/h6-12,16H,1-5H3. The van der Waals surface area contributed by atoms with E-state index < -0.39 is 0 Å². The summed E-state index contributed by atoms with van der Waals surface area (Å²) in [6.45, 7) is 8.06. The van der Waals surface area contributed by atoms with Gasteiger partial charge in [-0.25, -0.2) is 0 Å². The van der Waals surface area contributed by atoms with Gasteiger partial charge in [0.25, 0.3) is 0 Å². The highest BCUT2D eigenvalue weighted by Gasteiger charge is 2.21. The van der Waals surface area contributed by atoms with Crippen molar-refractivity contribution < 1.29 is 4.79 Å². The smallest absolute Gasteiger partial charge is 0.191 e. The number of hydrogen-bond donors (Lipinski definition) is 0. The quantitative estimate of drug-likeness (QED) is 0.483. The van der Waals surface area contributed by atoms with Gasteiger partial charge in [0.2, 0.25) is 0 Å². The number of nitrogens with zero attached hydrogens (tertiary/aromatic N) is 3. The fraction of sp³-hybridized carbons (Fsp3) is 0.286. The summed E-state index contributed by atoms with van der Waals surface area (Å²) >= 11 is 1.44. The molecule has 1 unspecified atom stereocenters. The van der Waals surface area contributed by atoms with Crippen LogP contribution in [0.1, 0.15) is 34.0 Å². The Kier molecular flexibility index (Phi) is 5.28. The van der Waals surface area contributed by atoms with Gasteiger partial charge in [-0.3, -0.25) is 4.79 Å². The average Bonchev–Trinajstić information content (AvgIpc) is 2.97. The van der Waals surface area contributed by atoms with Crippen LogP contribution in [0.25, 0.3) is 11.4 Å². The van der Waals surface area contributed by atoms with Crippen LogP contribution >= 0.6 is 11.8 Å². The molecule has 1 aromatic heterocycles. The first-order valence-electron chi connectivity index (χ1n) is 8.62. The third-order valence-electron chi connectivity index (χ3n) is 4.66. The van der Waals surface area contributed by atoms with Crippen LogP contribution in [-0.4, -0.2) is 25.8 Å². The van der Waals surface area contributed by atoms with E-state index in [-0.39, 0.29) is 11.0 Å². The minimum atomic E-state index is -0.232. The van der Waals surface area contributed by atoms with E-state index >= 15 is 0 Å². The van der Waals surface area contributed by atoms with Gasteiger partial charge in [0.1, 0.15) is 0 Å². The van der Waals surface area contributed by atoms with Crippen LogP contribution < -0.4 is 0 Å². The lowest BCUT2D eigenvalue weighted by Crippen LogP contribution is -2.14. The van der Waals surface area contributed by atoms with Gasteiger partial charge in [0.05, 0.1) is 5.25 Å². The Morgan fingerprint density at radius 2 is 1.73 bits per heavy atom. The van der Waals surface area contributed by atoms with Crippen molar-refractivity contribution in [3.8, 4) is 11.4 Å². The molecule has 134 valence electrons. The van der Waals surface area contributed by atoms with Crippen molar-refractivity contribution in [3.63, 3.8) is 0 Å². The molecule has 3 rings (SSSR count). The highest BCUT2D eigenvalue weighted by molar-refractivity contribution is 8.00. The van der Waals surface area contributed by atoms with Crippen molar-refractivity contribution in [1.29, 1.82) is 0 Å². The van der Waals surface area contributed by atoms with Crippen molar-refractivity contribution in [2.75, 3.05) is 0 Å². The minimum Gasteiger partial charge on any atom is -0.305 e. The van der Waals surface area contributed by atoms with Crippen LogP contribution in [0.15, 0.2) is 47.6 Å². The lowest BCUT2D eigenvalue weighted by Gasteiger charge is -2.11. The third kappa shape index (κ3) is 3.58. The van der Waals surface area contributed by atoms with E-state index in [4.69, 9.17) is 0 Å². The molecule has 4 nitrogen and oxygen atoms in total. The number of carbonyl (C=O) groups is 1. The molecular weight excluding hydrogens is 342 g/mol. The van der Waals surface area contributed by atoms with Gasteiger partial charge in [-0.15, -0.1) is 10.2 Å². The molecule has 0 aliphatic rings. The predicted octanol–water partition coefficient (Wildman–Crippen LogP) is 4.77. The van der Waals surface area contributed by atoms with Gasteiger partial charge >= 0.3 is 0 Å². The van der Waals surface area contributed by atoms with Gasteiger partial charge in [-0.2, -0.15) is 0 Å². The van der Waals surface area contributed by atoms with Crippen LogP contribution in [0, 0.1) is 20.8 Å². The Balaban J connectivity index is 1.82. The van der Waals surface area contributed by atoms with E-state index in [1.165, 1.54) is 17.3 Å². The van der Waals surface area contributed by atoms with Gasteiger partial charge in [0.15, 0.2) is 16.8 Å². The molecule has 0 bridgehead atoms. The number of hydrogen-bond acceptors (Lipinski definition) is 4. The van der Waals surface area contributed by atoms with Crippen LogP contribution in [0.4, 0.5) is 0 Å². The van der Waals surface area contributed by atoms with Crippen molar-refractivity contribution in [3.05, 3.63) is 64.7 Å². The summed E-state index contributed by atoms with van der Waals surface area (Å²) in [6.07, 6.45) is 0. The molecule has 1 atom stereocenters. The zero-order chi connectivity index (χ0) is 18.8. The van der Waals surface area contributed by atoms with E-state index in [2.05, 4.69) is 30.1 Å². The molecule has 3 aromatic rings. The van der Waals surface area contributed by atoms with E-state index in [0.29, 0.717) is 0 Å². The third-order valence-corrected chi connectivity index (χ3v) is 5.80. The number of aryl methyl sites for hydroxylation is 3. The van der Waals surface area contributed by atoms with Gasteiger partial charge in [-0.05, 0) is 50.5 Å². The predicted molar refractivity (Wildman–Crippen MR) is 107 cm³/mol. The van der Waals surface area contributed by atoms with Gasteiger partial charge < -0.3 is 4.57 Å². The highest BCUT2D eigenvalue weighted by Crippen LogP contribution is 2.28. The maximum Gasteiger partial charge on any atom is 0.191 e. The molecule has 2 aromatic carbocycles. The van der Waals surface area contributed by atoms with Crippen molar-refractivity contribution in [2.45, 2.75) is 38.1 Å². The summed E-state index contributed by atoms with van der Waals surface area (Å²) in [7, 11) is 1.94. The second kappa shape index (κ2) is 7.46. The normalized spacial score (nSPS) is 12.2. The maximum atomic E-state index is 12.8. The van der Waals surface area contributed by atoms with Crippen LogP contribution in [0.2, 0.25) is 0 Å². The molecule has 0 N–H and O–H groups in total. The first kappa shape index (κ1) is 18.4. The first-order valence-corrected chi connectivity index (χ1v) is 9.50. The lowest BCUT2D eigenvalue weighted by atomic mass is 10.0. The largest absolute Gasteiger partial charge is 0.305 e. The minimum absolute atomic E-state index is 0.110. The Morgan fingerprint density at radius 1 is 1.00 bits per heavy atom. The topological polar surface area (TPSA) is 47.8 Å². The fourth-order valence-corrected chi connectivity index (χ4v) is 3.71. The number of ketones is 1. The Labute approximate surface area is 158 Å². The average molecular weight is 366 g/mol. The van der Waals surface area contributed by atoms with Crippen LogP contribution in [-0.2, 0) is 7.05 Å². The molecule has 1 heterocycles. The van der Waals surface area contributed by atoms with E-state index in [9.17, 15) is 4.79 Å². The molecule has 26 heavy (non-hydrogen) atoms. The maximum absolute atomic E-state index is 12.8. The molecule has 0 aliphatic heterocycles. The molecule has 0 spiro atoms. The van der Waals surface area contributed by atoms with Crippen LogP contribution in [0.3, 0.4) is 0 Å². The summed E-state index contributed by atoms with van der Waals surface area (Å²) in [5.41, 5.74) is 5.28. The molecule has 0 saturated heterocycles. The van der Waals surface area contributed by atoms with Gasteiger partial charge in [-0.1, -0.05) is 48.2 Å². The highest BCUT2D eigenvalue weighted by atomic mass is 32.2. The molecule has 0 fully saturated rings. The number of thioether (sulfide) groups is 1. The summed E-state index contributed by atoms with van der Waals surface area (Å²) in [5.74, 6) is 0.926. The Hall–Kier alpha value is -2.40. The molecule has 0 radical (unpaired) electrons. The van der Waals surface area contributed by atoms with E-state index in [1.807, 2.05) is 61.9 Å². The Bertz CT molecular complexity index is 962. The van der Waals surface area contributed by atoms with E-state index in [0.717, 1.165) is 33.2 Å². The number of aromatic nitrogens is 3. The molecule has 0 aliphatic carbocycles. The molecule has 5 heteroatoms. The summed E-state index contributed by atoms with van der Waals surface area (Å²) in [5, 5.41) is 9.15. The number of benzene rings is 2. The summed E-state index contributed by atoms with van der Waals surface area (Å²) < 4.78 is 1.96. The van der Waals surface area contributed by atoms with Crippen LogP contribution in [0.5, 0.6) is 0 Å². The zero-order valence-corrected chi connectivity index (χ0v) is 16.6. The van der Waals surface area contributed by atoms with Crippen molar-refractivity contribution >= 4 is 17.5 Å². The summed E-state index contributed by atoms with van der Waals surface area (Å²) in [4.78, 5) is 12.8. The lowest BCUT2D eigenvalue weighted by molar-refractivity contribution is 0.0993. The van der Waals surface area contributed by atoms with Crippen molar-refractivity contribution in [1.82, 2.24) is 14.8 Å². The molecule has 0 amide bonds. The number of carbonyl (C=O) groups excluding carboxylic acids is 1.